The fourth-order valence-corrected chi connectivity index (χ4v) is 3.62. The Balaban J connectivity index is 1.71. The molecule has 0 saturated carbocycles. The van der Waals surface area contributed by atoms with Crippen LogP contribution in [0.3, 0.4) is 0 Å². The van der Waals surface area contributed by atoms with Crippen LogP contribution in [0, 0.1) is 0 Å². The fourth-order valence-electron chi connectivity index (χ4n) is 2.47. The Labute approximate surface area is 100 Å². The molecule has 0 spiro atoms. The van der Waals surface area contributed by atoms with E-state index in [2.05, 4.69) is 16.5 Å². The third-order valence-electron chi connectivity index (χ3n) is 3.48. The molecule has 2 unspecified atom stereocenters. The van der Waals surface area contributed by atoms with Crippen molar-refractivity contribution in [2.45, 2.75) is 37.6 Å². The average molecular weight is 238 g/mol. The van der Waals surface area contributed by atoms with E-state index in [-0.39, 0.29) is 0 Å². The van der Waals surface area contributed by atoms with E-state index in [1.54, 1.807) is 0 Å². The normalized spacial score (nSPS) is 30.8. The second-order valence-electron chi connectivity index (χ2n) is 4.66. The van der Waals surface area contributed by atoms with Crippen molar-refractivity contribution in [2.24, 2.45) is 0 Å². The highest BCUT2D eigenvalue weighted by atomic mass is 32.1. The molecule has 3 rings (SSSR count). The molecule has 0 aromatic carbocycles. The lowest BCUT2D eigenvalue weighted by molar-refractivity contribution is 0.194. The Morgan fingerprint density at radius 3 is 3.12 bits per heavy atom. The number of hydrogen-bond donors (Lipinski definition) is 1. The molecule has 0 aliphatic carbocycles. The molecule has 3 nitrogen and oxygen atoms in total. The van der Waals surface area contributed by atoms with Gasteiger partial charge < -0.3 is 10.1 Å². The van der Waals surface area contributed by atoms with Crippen molar-refractivity contribution < 1.29 is 4.74 Å². The van der Waals surface area contributed by atoms with Crippen LogP contribution in [0.4, 0.5) is 0 Å². The molecule has 2 atom stereocenters. The summed E-state index contributed by atoms with van der Waals surface area (Å²) in [5, 5.41) is 4.84. The third-order valence-corrected chi connectivity index (χ3v) is 4.76. The van der Waals surface area contributed by atoms with E-state index in [1.165, 1.54) is 35.6 Å². The summed E-state index contributed by atoms with van der Waals surface area (Å²) in [6, 6.07) is 0.509. The summed E-state index contributed by atoms with van der Waals surface area (Å²) in [7, 11) is 0. The van der Waals surface area contributed by atoms with Crippen molar-refractivity contribution in [3.05, 3.63) is 16.1 Å². The highest BCUT2D eigenvalue weighted by molar-refractivity contribution is 7.11. The van der Waals surface area contributed by atoms with Crippen molar-refractivity contribution in [3.63, 3.8) is 0 Å². The maximum Gasteiger partial charge on any atom is 0.110 e. The second-order valence-corrected chi connectivity index (χ2v) is 5.76. The lowest BCUT2D eigenvalue weighted by Crippen LogP contribution is -2.26. The molecule has 2 saturated heterocycles. The summed E-state index contributed by atoms with van der Waals surface area (Å²) >= 11 is 1.88. The Hall–Kier alpha value is -0.450. The van der Waals surface area contributed by atoms with Gasteiger partial charge in [0.25, 0.3) is 0 Å². The molecule has 0 radical (unpaired) electrons. The van der Waals surface area contributed by atoms with Crippen molar-refractivity contribution in [3.8, 4) is 0 Å². The molecule has 88 valence electrons. The number of ether oxygens (including phenoxy) is 1. The van der Waals surface area contributed by atoms with E-state index in [0.717, 1.165) is 19.8 Å². The zero-order valence-corrected chi connectivity index (χ0v) is 10.3. The standard InChI is InChI=1S/C12H18N2OS/c1-2-5-13-10(3-1)12-14-7-11(16-12)9-4-6-15-8-9/h7,9-10,13H,1-6,8H2. The summed E-state index contributed by atoms with van der Waals surface area (Å²) in [5.74, 6) is 0.606. The van der Waals surface area contributed by atoms with Gasteiger partial charge in [0.05, 0.1) is 12.6 Å². The van der Waals surface area contributed by atoms with Crippen LogP contribution in [0.2, 0.25) is 0 Å². The zero-order valence-electron chi connectivity index (χ0n) is 9.45. The smallest absolute Gasteiger partial charge is 0.110 e. The predicted octanol–water partition coefficient (Wildman–Crippen LogP) is 2.46. The predicted molar refractivity (Wildman–Crippen MR) is 64.9 cm³/mol. The van der Waals surface area contributed by atoms with Gasteiger partial charge in [-0.05, 0) is 25.8 Å². The number of rotatable bonds is 2. The van der Waals surface area contributed by atoms with Crippen molar-refractivity contribution >= 4 is 11.3 Å². The van der Waals surface area contributed by atoms with E-state index in [4.69, 9.17) is 4.74 Å². The Kier molecular flexibility index (Phi) is 3.22. The molecule has 16 heavy (non-hydrogen) atoms. The van der Waals surface area contributed by atoms with Crippen molar-refractivity contribution in [1.82, 2.24) is 10.3 Å². The summed E-state index contributed by atoms with van der Waals surface area (Å²) in [6.07, 6.45) is 7.12. The molecule has 2 aliphatic rings. The molecule has 3 heterocycles. The van der Waals surface area contributed by atoms with Crippen molar-refractivity contribution in [2.75, 3.05) is 19.8 Å². The Morgan fingerprint density at radius 1 is 1.38 bits per heavy atom. The molecule has 0 bridgehead atoms. The van der Waals surface area contributed by atoms with Gasteiger partial charge in [-0.15, -0.1) is 11.3 Å². The Morgan fingerprint density at radius 2 is 2.38 bits per heavy atom. The average Bonchev–Trinajstić information content (AvgIpc) is 3.01. The van der Waals surface area contributed by atoms with Gasteiger partial charge in [-0.25, -0.2) is 4.98 Å². The molecule has 1 N–H and O–H groups in total. The number of nitrogens with one attached hydrogen (secondary N) is 1. The number of thiazole rings is 1. The van der Waals surface area contributed by atoms with Crippen LogP contribution in [0.1, 0.15) is 47.5 Å². The topological polar surface area (TPSA) is 34.2 Å². The van der Waals surface area contributed by atoms with Gasteiger partial charge in [-0.3, -0.25) is 0 Å². The quantitative estimate of drug-likeness (QED) is 0.859. The molecule has 2 fully saturated rings. The number of piperidine rings is 1. The minimum absolute atomic E-state index is 0.509. The van der Waals surface area contributed by atoms with Crippen LogP contribution in [0.25, 0.3) is 0 Å². The molecular weight excluding hydrogens is 220 g/mol. The lowest BCUT2D eigenvalue weighted by Gasteiger charge is -2.21. The van der Waals surface area contributed by atoms with Crippen LogP contribution < -0.4 is 5.32 Å². The SMILES string of the molecule is c1nc(C2CCCCN2)sc1C1CCOC1. The van der Waals surface area contributed by atoms with Gasteiger partial charge in [0, 0.05) is 23.6 Å². The van der Waals surface area contributed by atoms with Crippen LogP contribution in [0.15, 0.2) is 6.20 Å². The molecule has 1 aromatic heterocycles. The highest BCUT2D eigenvalue weighted by Crippen LogP contribution is 2.33. The van der Waals surface area contributed by atoms with Crippen LogP contribution in [0.5, 0.6) is 0 Å². The third kappa shape index (κ3) is 2.14. The van der Waals surface area contributed by atoms with E-state index < -0.39 is 0 Å². The number of hydrogen-bond acceptors (Lipinski definition) is 4. The first kappa shape index (κ1) is 10.7. The van der Waals surface area contributed by atoms with E-state index >= 15 is 0 Å². The van der Waals surface area contributed by atoms with Gasteiger partial charge in [0.2, 0.25) is 0 Å². The van der Waals surface area contributed by atoms with Crippen molar-refractivity contribution in [1.29, 1.82) is 0 Å². The molecule has 2 aliphatic heterocycles. The first-order valence-electron chi connectivity index (χ1n) is 6.20. The number of aromatic nitrogens is 1. The van der Waals surface area contributed by atoms with E-state index in [1.807, 2.05) is 11.3 Å². The Bertz CT molecular complexity index is 341. The second kappa shape index (κ2) is 4.82. The van der Waals surface area contributed by atoms with Gasteiger partial charge in [-0.1, -0.05) is 6.42 Å². The summed E-state index contributed by atoms with van der Waals surface area (Å²) in [4.78, 5) is 6.00. The first-order chi connectivity index (χ1) is 7.93. The van der Waals surface area contributed by atoms with Crippen LogP contribution >= 0.6 is 11.3 Å². The molecule has 4 heteroatoms. The zero-order chi connectivity index (χ0) is 10.8. The minimum atomic E-state index is 0.509. The molecule has 1 aromatic rings. The summed E-state index contributed by atoms with van der Waals surface area (Å²) in [6.45, 7) is 2.95. The van der Waals surface area contributed by atoms with E-state index in [0.29, 0.717) is 12.0 Å². The van der Waals surface area contributed by atoms with Gasteiger partial charge in [0.1, 0.15) is 5.01 Å². The minimum Gasteiger partial charge on any atom is -0.381 e. The fraction of sp³-hybridized carbons (Fsp3) is 0.750. The summed E-state index contributed by atoms with van der Waals surface area (Å²) < 4.78 is 5.43. The van der Waals surface area contributed by atoms with Gasteiger partial charge in [-0.2, -0.15) is 0 Å². The largest absolute Gasteiger partial charge is 0.381 e. The monoisotopic (exact) mass is 238 g/mol. The molecular formula is C12H18N2OS. The summed E-state index contributed by atoms with van der Waals surface area (Å²) in [5.41, 5.74) is 0. The van der Waals surface area contributed by atoms with Gasteiger partial charge in [0.15, 0.2) is 0 Å². The maximum atomic E-state index is 5.43. The lowest BCUT2D eigenvalue weighted by atomic mass is 10.1. The molecule has 0 amide bonds. The van der Waals surface area contributed by atoms with Gasteiger partial charge >= 0.3 is 0 Å². The van der Waals surface area contributed by atoms with Crippen LogP contribution in [-0.4, -0.2) is 24.7 Å². The number of nitrogens with zero attached hydrogens (tertiary/aromatic N) is 1. The van der Waals surface area contributed by atoms with E-state index in [9.17, 15) is 0 Å². The van der Waals surface area contributed by atoms with Crippen LogP contribution in [-0.2, 0) is 4.74 Å². The highest BCUT2D eigenvalue weighted by Gasteiger charge is 2.23. The maximum absolute atomic E-state index is 5.43. The first-order valence-corrected chi connectivity index (χ1v) is 7.02.